The number of ether oxygens (including phenoxy) is 1. The van der Waals surface area contributed by atoms with E-state index < -0.39 is 30.3 Å². The van der Waals surface area contributed by atoms with E-state index in [0.29, 0.717) is 16.7 Å². The van der Waals surface area contributed by atoms with Gasteiger partial charge in [-0.2, -0.15) is 5.26 Å². The lowest BCUT2D eigenvalue weighted by Crippen LogP contribution is -2.30. The van der Waals surface area contributed by atoms with Gasteiger partial charge in [0.15, 0.2) is 6.10 Å². The summed E-state index contributed by atoms with van der Waals surface area (Å²) in [4.78, 5) is 0. The number of nitriles is 1. The monoisotopic (exact) mass is 385 g/mol. The Morgan fingerprint density at radius 3 is 2.25 bits per heavy atom. The van der Waals surface area contributed by atoms with E-state index in [1.54, 1.807) is 31.2 Å². The lowest BCUT2D eigenvalue weighted by Gasteiger charge is -2.21. The van der Waals surface area contributed by atoms with Crippen molar-refractivity contribution in [3.8, 4) is 17.9 Å². The minimum atomic E-state index is -2.85. The quantitative estimate of drug-likeness (QED) is 0.461. The van der Waals surface area contributed by atoms with Crippen LogP contribution in [0, 0.1) is 34.4 Å². The van der Waals surface area contributed by atoms with Crippen molar-refractivity contribution in [2.24, 2.45) is 5.73 Å². The number of nitrogens with one attached hydrogen (secondary N) is 1. The Morgan fingerprint density at radius 2 is 1.68 bits per heavy atom. The summed E-state index contributed by atoms with van der Waals surface area (Å²) in [5.74, 6) is 4.67. The standard InChI is InChI=1S/C21H18F3N3O/c1-13(10-19(20(23)24)28-21(26)27)17-11-15(8-9-18(17)22)5-2-14-3-6-16(12-25)7-4-14/h3-4,6-9,11,13,19-20H,10H2,1H3,(H3,26,27)/t13-,19+/m1/s1. The zero-order chi connectivity index (χ0) is 20.7. The second kappa shape index (κ2) is 9.48. The van der Waals surface area contributed by atoms with E-state index in [4.69, 9.17) is 16.4 Å². The first-order chi connectivity index (χ1) is 13.3. The van der Waals surface area contributed by atoms with Crippen LogP contribution in [-0.2, 0) is 4.74 Å². The van der Waals surface area contributed by atoms with Gasteiger partial charge in [-0.25, -0.2) is 13.2 Å². The maximum Gasteiger partial charge on any atom is 0.279 e. The first-order valence-electron chi connectivity index (χ1n) is 8.40. The lowest BCUT2D eigenvalue weighted by atomic mass is 9.93. The van der Waals surface area contributed by atoms with E-state index in [1.165, 1.54) is 18.2 Å². The largest absolute Gasteiger partial charge is 0.456 e. The average molecular weight is 385 g/mol. The third-order valence-corrected chi connectivity index (χ3v) is 4.04. The van der Waals surface area contributed by atoms with Crippen molar-refractivity contribution in [1.82, 2.24) is 0 Å². The number of alkyl halides is 2. The Kier molecular flexibility index (Phi) is 7.06. The fraction of sp³-hybridized carbons (Fsp3) is 0.238. The molecule has 0 aromatic heterocycles. The summed E-state index contributed by atoms with van der Waals surface area (Å²) in [5.41, 5.74) is 6.98. The van der Waals surface area contributed by atoms with Gasteiger partial charge >= 0.3 is 0 Å². The third kappa shape index (κ3) is 5.78. The van der Waals surface area contributed by atoms with Crippen LogP contribution in [0.5, 0.6) is 0 Å². The van der Waals surface area contributed by atoms with Crippen LogP contribution in [0.1, 0.15) is 41.5 Å². The molecule has 7 heteroatoms. The molecule has 0 saturated carbocycles. The van der Waals surface area contributed by atoms with Gasteiger partial charge in [-0.1, -0.05) is 18.8 Å². The fourth-order valence-electron chi connectivity index (χ4n) is 2.61. The topological polar surface area (TPSA) is 82.9 Å². The normalized spacial score (nSPS) is 12.4. The van der Waals surface area contributed by atoms with Gasteiger partial charge in [0, 0.05) is 11.1 Å². The molecule has 3 N–H and O–H groups in total. The van der Waals surface area contributed by atoms with Crippen molar-refractivity contribution in [2.75, 3.05) is 0 Å². The van der Waals surface area contributed by atoms with Crippen LogP contribution in [-0.4, -0.2) is 18.6 Å². The van der Waals surface area contributed by atoms with Crippen LogP contribution in [0.15, 0.2) is 42.5 Å². The van der Waals surface area contributed by atoms with Crippen molar-refractivity contribution in [2.45, 2.75) is 31.8 Å². The highest BCUT2D eigenvalue weighted by Crippen LogP contribution is 2.27. The van der Waals surface area contributed by atoms with Gasteiger partial charge in [0.05, 0.1) is 11.6 Å². The number of benzene rings is 2. The average Bonchev–Trinajstić information content (AvgIpc) is 2.66. The Labute approximate surface area is 161 Å². The molecular formula is C21H18F3N3O. The molecule has 4 nitrogen and oxygen atoms in total. The van der Waals surface area contributed by atoms with Crippen LogP contribution in [0.3, 0.4) is 0 Å². The summed E-state index contributed by atoms with van der Waals surface area (Å²) in [6.45, 7) is 1.59. The summed E-state index contributed by atoms with van der Waals surface area (Å²) < 4.78 is 45.0. The van der Waals surface area contributed by atoms with Gasteiger partial charge in [-0.15, -0.1) is 0 Å². The molecule has 144 valence electrons. The first kappa shape index (κ1) is 20.9. The Bertz CT molecular complexity index is 940. The van der Waals surface area contributed by atoms with E-state index in [-0.39, 0.29) is 12.0 Å². The molecule has 0 heterocycles. The maximum atomic E-state index is 14.2. The number of hydrogen-bond donors (Lipinski definition) is 2. The van der Waals surface area contributed by atoms with Gasteiger partial charge in [-0.05, 0) is 60.4 Å². The third-order valence-electron chi connectivity index (χ3n) is 4.04. The number of halogens is 3. The highest BCUT2D eigenvalue weighted by Gasteiger charge is 2.27. The highest BCUT2D eigenvalue weighted by molar-refractivity contribution is 5.67. The van der Waals surface area contributed by atoms with Crippen molar-refractivity contribution in [1.29, 1.82) is 10.7 Å². The highest BCUT2D eigenvalue weighted by atomic mass is 19.3. The zero-order valence-corrected chi connectivity index (χ0v) is 15.0. The smallest absolute Gasteiger partial charge is 0.279 e. The zero-order valence-electron chi connectivity index (χ0n) is 15.0. The summed E-state index contributed by atoms with van der Waals surface area (Å²) in [6.07, 6.45) is -4.66. The maximum absolute atomic E-state index is 14.2. The van der Waals surface area contributed by atoms with Gasteiger partial charge < -0.3 is 10.5 Å². The molecular weight excluding hydrogens is 367 g/mol. The molecule has 0 aliphatic rings. The Balaban J connectivity index is 2.21. The summed E-state index contributed by atoms with van der Waals surface area (Å²) in [6, 6.07) is 12.1. The van der Waals surface area contributed by atoms with E-state index in [2.05, 4.69) is 16.6 Å². The van der Waals surface area contributed by atoms with E-state index in [1.807, 2.05) is 6.07 Å². The molecule has 2 aromatic rings. The molecule has 0 fully saturated rings. The first-order valence-corrected chi connectivity index (χ1v) is 8.40. The van der Waals surface area contributed by atoms with E-state index >= 15 is 0 Å². The SMILES string of the molecule is C[C@H](C[C@H](OC(=N)N)C(F)F)c1cc(C#Cc2ccc(C#N)cc2)ccc1F. The van der Waals surface area contributed by atoms with Crippen LogP contribution < -0.4 is 5.73 Å². The number of nitrogens with two attached hydrogens (primary N) is 1. The van der Waals surface area contributed by atoms with Crippen molar-refractivity contribution in [3.05, 3.63) is 70.5 Å². The van der Waals surface area contributed by atoms with Crippen LogP contribution in [0.25, 0.3) is 0 Å². The summed E-state index contributed by atoms with van der Waals surface area (Å²) >= 11 is 0. The number of nitrogens with zero attached hydrogens (tertiary/aromatic N) is 1. The minimum Gasteiger partial charge on any atom is -0.456 e. The molecule has 0 bridgehead atoms. The fourth-order valence-corrected chi connectivity index (χ4v) is 2.61. The minimum absolute atomic E-state index is 0.208. The molecule has 0 amide bonds. The predicted molar refractivity (Wildman–Crippen MR) is 99.4 cm³/mol. The van der Waals surface area contributed by atoms with Crippen molar-refractivity contribution >= 4 is 6.02 Å². The van der Waals surface area contributed by atoms with Gasteiger partial charge in [0.1, 0.15) is 5.82 Å². The predicted octanol–water partition coefficient (Wildman–Crippen LogP) is 4.13. The molecule has 2 atom stereocenters. The molecule has 0 spiro atoms. The van der Waals surface area contributed by atoms with Crippen LogP contribution in [0.2, 0.25) is 0 Å². The van der Waals surface area contributed by atoms with Gasteiger partial charge in [-0.3, -0.25) is 5.41 Å². The van der Waals surface area contributed by atoms with Crippen LogP contribution in [0.4, 0.5) is 13.2 Å². The second-order valence-electron chi connectivity index (χ2n) is 6.17. The molecule has 0 aliphatic carbocycles. The number of amidine groups is 1. The molecule has 28 heavy (non-hydrogen) atoms. The molecule has 0 unspecified atom stereocenters. The van der Waals surface area contributed by atoms with Crippen LogP contribution >= 0.6 is 0 Å². The second-order valence-corrected chi connectivity index (χ2v) is 6.17. The Hall–Kier alpha value is -3.45. The van der Waals surface area contributed by atoms with E-state index in [9.17, 15) is 13.2 Å². The summed E-state index contributed by atoms with van der Waals surface area (Å²) in [7, 11) is 0. The number of rotatable bonds is 5. The van der Waals surface area contributed by atoms with Gasteiger partial charge in [0.25, 0.3) is 12.4 Å². The Morgan fingerprint density at radius 1 is 1.11 bits per heavy atom. The molecule has 2 aromatic carbocycles. The molecule has 0 aliphatic heterocycles. The lowest BCUT2D eigenvalue weighted by molar-refractivity contribution is -0.00484. The molecule has 0 saturated heterocycles. The molecule has 2 rings (SSSR count). The molecule has 0 radical (unpaired) electrons. The van der Waals surface area contributed by atoms with Crippen molar-refractivity contribution < 1.29 is 17.9 Å². The van der Waals surface area contributed by atoms with Gasteiger partial charge in [0.2, 0.25) is 0 Å². The van der Waals surface area contributed by atoms with Crippen molar-refractivity contribution in [3.63, 3.8) is 0 Å². The number of hydrogen-bond acceptors (Lipinski definition) is 3. The van der Waals surface area contributed by atoms with E-state index in [0.717, 1.165) is 0 Å². The summed E-state index contributed by atoms with van der Waals surface area (Å²) in [5, 5.41) is 15.8.